The van der Waals surface area contributed by atoms with Gasteiger partial charge in [-0.2, -0.15) is 43.9 Å². The van der Waals surface area contributed by atoms with Crippen LogP contribution in [0, 0.1) is 5.41 Å². The van der Waals surface area contributed by atoms with Gasteiger partial charge >= 0.3 is 24.2 Å². The van der Waals surface area contributed by atoms with E-state index < -0.39 is 43.3 Å². The lowest BCUT2D eigenvalue weighted by Gasteiger charge is -2.24. The first-order valence-corrected chi connectivity index (χ1v) is 11.9. The highest BCUT2D eigenvalue weighted by Crippen LogP contribution is 2.40. The van der Waals surface area contributed by atoms with Crippen molar-refractivity contribution in [2.75, 3.05) is 13.2 Å². The molecule has 0 saturated heterocycles. The van der Waals surface area contributed by atoms with Crippen LogP contribution in [0.3, 0.4) is 0 Å². The maximum atomic E-state index is 12.9. The van der Waals surface area contributed by atoms with Gasteiger partial charge in [0.25, 0.3) is 0 Å². The molecular formula is C23H38F10O2. The van der Waals surface area contributed by atoms with Crippen LogP contribution in [-0.2, 0) is 9.47 Å². The Morgan fingerprint density at radius 1 is 0.486 bits per heavy atom. The van der Waals surface area contributed by atoms with Gasteiger partial charge in [0.2, 0.25) is 0 Å². The average molecular weight is 537 g/mol. The van der Waals surface area contributed by atoms with E-state index in [1.807, 2.05) is 20.8 Å². The summed E-state index contributed by atoms with van der Waals surface area (Å²) in [6.07, 6.45) is -11.2. The van der Waals surface area contributed by atoms with Crippen molar-refractivity contribution >= 4 is 0 Å². The van der Waals surface area contributed by atoms with E-state index in [1.54, 1.807) is 0 Å². The van der Waals surface area contributed by atoms with Crippen LogP contribution >= 0.6 is 0 Å². The number of halogens is 10. The van der Waals surface area contributed by atoms with Gasteiger partial charge < -0.3 is 9.47 Å². The van der Waals surface area contributed by atoms with Crippen molar-refractivity contribution in [1.82, 2.24) is 0 Å². The Balaban J connectivity index is 4.18. The predicted octanol–water partition coefficient (Wildman–Crippen LogP) is 9.47. The van der Waals surface area contributed by atoms with Crippen LogP contribution in [0.25, 0.3) is 0 Å². The van der Waals surface area contributed by atoms with E-state index in [4.69, 9.17) is 9.47 Å². The Labute approximate surface area is 201 Å². The highest BCUT2D eigenvalue weighted by atomic mass is 19.4. The van der Waals surface area contributed by atoms with Gasteiger partial charge in [0.1, 0.15) is 0 Å². The molecule has 212 valence electrons. The molecule has 0 atom stereocenters. The number of hydrogen-bond acceptors (Lipinski definition) is 2. The highest BCUT2D eigenvalue weighted by Gasteiger charge is 2.57. The first-order valence-electron chi connectivity index (χ1n) is 11.9. The van der Waals surface area contributed by atoms with Gasteiger partial charge in [-0.15, -0.1) is 0 Å². The molecule has 2 nitrogen and oxygen atoms in total. The van der Waals surface area contributed by atoms with Crippen molar-refractivity contribution in [3.05, 3.63) is 0 Å². The maximum absolute atomic E-state index is 12.9. The zero-order valence-electron chi connectivity index (χ0n) is 20.6. The molecule has 0 aliphatic rings. The number of ether oxygens (including phenoxy) is 2. The summed E-state index contributed by atoms with van der Waals surface area (Å²) in [4.78, 5) is 0. The minimum Gasteiger partial charge on any atom is -0.353 e. The van der Waals surface area contributed by atoms with Crippen LogP contribution in [0.1, 0.15) is 97.8 Å². The Bertz CT molecular complexity index is 514. The summed E-state index contributed by atoms with van der Waals surface area (Å²) in [6, 6.07) is 0. The Hall–Kier alpha value is -0.780. The van der Waals surface area contributed by atoms with Crippen LogP contribution in [0.15, 0.2) is 0 Å². The fourth-order valence-electron chi connectivity index (χ4n) is 3.08. The molecule has 0 amide bonds. The van der Waals surface area contributed by atoms with Crippen LogP contribution < -0.4 is 0 Å². The second-order valence-electron chi connectivity index (χ2n) is 10.0. The van der Waals surface area contributed by atoms with Crippen molar-refractivity contribution in [3.63, 3.8) is 0 Å². The van der Waals surface area contributed by atoms with Crippen molar-refractivity contribution in [1.29, 1.82) is 0 Å². The molecule has 0 spiro atoms. The maximum Gasteiger partial charge on any atom is 0.453 e. The molecule has 0 heterocycles. The fraction of sp³-hybridized carbons (Fsp3) is 1.00. The van der Waals surface area contributed by atoms with Crippen LogP contribution in [-0.4, -0.2) is 43.7 Å². The van der Waals surface area contributed by atoms with E-state index in [1.165, 1.54) is 0 Å². The molecular weight excluding hydrogens is 498 g/mol. The van der Waals surface area contributed by atoms with E-state index in [9.17, 15) is 43.9 Å². The molecule has 35 heavy (non-hydrogen) atoms. The average Bonchev–Trinajstić information content (AvgIpc) is 2.67. The highest BCUT2D eigenvalue weighted by molar-refractivity contribution is 4.76. The monoisotopic (exact) mass is 536 g/mol. The van der Waals surface area contributed by atoms with Crippen molar-refractivity contribution < 1.29 is 53.4 Å². The second kappa shape index (κ2) is 14.8. The first kappa shape index (κ1) is 34.2. The number of unbranched alkanes of at least 4 members (excludes halogenated alkanes) is 6. The van der Waals surface area contributed by atoms with Gasteiger partial charge in [0.05, 0.1) is 0 Å². The number of alkyl halides is 10. The first-order chi connectivity index (χ1) is 15.8. The molecule has 0 aliphatic carbocycles. The predicted molar refractivity (Wildman–Crippen MR) is 113 cm³/mol. The van der Waals surface area contributed by atoms with E-state index in [0.29, 0.717) is 32.1 Å². The van der Waals surface area contributed by atoms with Crippen molar-refractivity contribution in [3.8, 4) is 0 Å². The minimum absolute atomic E-state index is 0.00159. The minimum atomic E-state index is -5.54. The zero-order chi connectivity index (χ0) is 27.4. The Kier molecular flexibility index (Phi) is 14.5. The van der Waals surface area contributed by atoms with Crippen molar-refractivity contribution in [2.24, 2.45) is 5.41 Å². The molecule has 0 unspecified atom stereocenters. The third-order valence-corrected chi connectivity index (χ3v) is 5.34. The molecule has 0 aromatic carbocycles. The summed E-state index contributed by atoms with van der Waals surface area (Å²) in [6.45, 7) is 6.54. The third-order valence-electron chi connectivity index (χ3n) is 5.34. The van der Waals surface area contributed by atoms with Gasteiger partial charge in [0.15, 0.2) is 6.29 Å². The van der Waals surface area contributed by atoms with Gasteiger partial charge in [-0.1, -0.05) is 46.5 Å². The van der Waals surface area contributed by atoms with Crippen LogP contribution in [0.5, 0.6) is 0 Å². The molecule has 0 aromatic heterocycles. The fourth-order valence-corrected chi connectivity index (χ4v) is 3.08. The Morgan fingerprint density at radius 2 is 0.829 bits per heavy atom. The lowest BCUT2D eigenvalue weighted by atomic mass is 9.90. The van der Waals surface area contributed by atoms with Gasteiger partial charge in [-0.25, -0.2) is 0 Å². The summed E-state index contributed by atoms with van der Waals surface area (Å²) < 4.78 is 136. The molecule has 0 radical (unpaired) electrons. The lowest BCUT2D eigenvalue weighted by molar-refractivity contribution is -0.284. The molecule has 0 rings (SSSR count). The molecule has 0 fully saturated rings. The normalized spacial score (nSPS) is 14.2. The largest absolute Gasteiger partial charge is 0.453 e. The number of rotatable bonds is 18. The quantitative estimate of drug-likeness (QED) is 0.0987. The smallest absolute Gasteiger partial charge is 0.353 e. The van der Waals surface area contributed by atoms with Crippen molar-refractivity contribution in [2.45, 2.75) is 128 Å². The second-order valence-corrected chi connectivity index (χ2v) is 10.0. The summed E-state index contributed by atoms with van der Waals surface area (Å²) >= 11 is 0. The molecule has 12 heteroatoms. The van der Waals surface area contributed by atoms with Gasteiger partial charge in [-0.3, -0.25) is 0 Å². The van der Waals surface area contributed by atoms with E-state index in [-0.39, 0.29) is 44.3 Å². The summed E-state index contributed by atoms with van der Waals surface area (Å²) in [5.41, 5.74) is -0.00159. The zero-order valence-corrected chi connectivity index (χ0v) is 20.6. The van der Waals surface area contributed by atoms with E-state index in [2.05, 4.69) is 0 Å². The van der Waals surface area contributed by atoms with Crippen LogP contribution in [0.2, 0.25) is 0 Å². The van der Waals surface area contributed by atoms with E-state index >= 15 is 0 Å². The van der Waals surface area contributed by atoms with Gasteiger partial charge in [0, 0.05) is 26.1 Å². The molecule has 0 saturated carbocycles. The van der Waals surface area contributed by atoms with E-state index in [0.717, 1.165) is 6.42 Å². The summed E-state index contributed by atoms with van der Waals surface area (Å²) in [7, 11) is 0. The molecule has 0 aliphatic heterocycles. The van der Waals surface area contributed by atoms with Crippen LogP contribution in [0.4, 0.5) is 43.9 Å². The molecule has 0 aromatic rings. The number of hydrogen-bond donors (Lipinski definition) is 0. The Morgan fingerprint density at radius 3 is 1.14 bits per heavy atom. The standard InChI is InChI=1S/C23H38F10O2/c1-19(2,3)15-12-18(34-16-10-6-4-8-13-20(24,25)22(28,29)30)35-17-11-7-5-9-14-21(26,27)23(31,32)33/h18H,4-17H2,1-3H3. The lowest BCUT2D eigenvalue weighted by Crippen LogP contribution is -2.36. The topological polar surface area (TPSA) is 18.5 Å². The summed E-state index contributed by atoms with van der Waals surface area (Å²) in [5.74, 6) is -9.37. The SMILES string of the molecule is CC(C)(C)CCC(OCCCCCCC(F)(F)C(F)(F)F)OCCCCCCC(F)(F)C(F)(F)F. The summed E-state index contributed by atoms with van der Waals surface area (Å²) in [5, 5.41) is 0. The van der Waals surface area contributed by atoms with Gasteiger partial charge in [-0.05, 0) is 43.9 Å². The molecule has 0 N–H and O–H groups in total. The third kappa shape index (κ3) is 15.8. The molecule has 0 bridgehead atoms.